The minimum atomic E-state index is -1.28. The van der Waals surface area contributed by atoms with Crippen LogP contribution in [0.5, 0.6) is 34.5 Å². The number of benzene rings is 4. The fourth-order valence-electron chi connectivity index (χ4n) is 5.52. The van der Waals surface area contributed by atoms with Crippen molar-refractivity contribution in [3.8, 4) is 34.5 Å². The topological polar surface area (TPSA) is 227 Å². The van der Waals surface area contributed by atoms with E-state index >= 15 is 0 Å². The Morgan fingerprint density at radius 2 is 0.859 bits per heavy atom. The molecule has 0 saturated carbocycles. The molecular formula is C40H40Cl2I8N4O10. The number of unbranched alkanes of at least 4 members (excludes halogenated alkanes) is 1. The van der Waals surface area contributed by atoms with E-state index in [0.717, 1.165) is 14.3 Å². The molecule has 0 spiro atoms. The first-order valence-corrected chi connectivity index (χ1v) is 26.9. The van der Waals surface area contributed by atoms with Gasteiger partial charge in [0.25, 0.3) is 11.8 Å². The van der Waals surface area contributed by atoms with Crippen molar-refractivity contribution in [1.29, 1.82) is 0 Å². The van der Waals surface area contributed by atoms with Gasteiger partial charge in [-0.1, -0.05) is 0 Å². The zero-order valence-electron chi connectivity index (χ0n) is 33.0. The molecule has 4 amide bonds. The maximum Gasteiger partial charge on any atom is 0.253 e. The zero-order chi connectivity index (χ0) is 45.8. The molecule has 0 aromatic heterocycles. The monoisotopic (exact) mass is 1820 g/mol. The number of halogens is 10. The third-order valence-corrected chi connectivity index (χ3v) is 15.0. The van der Waals surface area contributed by atoms with Crippen LogP contribution in [-0.2, 0) is 41.5 Å². The van der Waals surface area contributed by atoms with Crippen LogP contribution in [0.15, 0.2) is 48.5 Å². The number of rotatable bonds is 21. The van der Waals surface area contributed by atoms with Crippen LogP contribution in [0.2, 0.25) is 0 Å². The van der Waals surface area contributed by atoms with Gasteiger partial charge < -0.3 is 46.4 Å². The van der Waals surface area contributed by atoms with Crippen LogP contribution in [0.4, 0.5) is 0 Å². The predicted molar refractivity (Wildman–Crippen MR) is 315 cm³/mol. The van der Waals surface area contributed by atoms with Gasteiger partial charge in [-0.15, -0.1) is 24.8 Å². The van der Waals surface area contributed by atoms with E-state index < -0.39 is 35.7 Å². The molecule has 64 heavy (non-hydrogen) atoms. The van der Waals surface area contributed by atoms with Gasteiger partial charge in [0, 0.05) is 19.6 Å². The highest BCUT2D eigenvalue weighted by Crippen LogP contribution is 2.39. The largest absolute Gasteiger partial charge is 0.506 e. The van der Waals surface area contributed by atoms with Crippen LogP contribution >= 0.6 is 206 Å². The Morgan fingerprint density at radius 1 is 0.531 bits per heavy atom. The fraction of sp³-hybridized carbons (Fsp3) is 0.300. The number of amides is 4. The molecule has 0 unspecified atom stereocenters. The number of primary amides is 1. The number of phenolic OH excluding ortho intramolecular Hbond substituents is 2. The number of carbonyl (C=O) groups is 4. The summed E-state index contributed by atoms with van der Waals surface area (Å²) < 4.78 is 28.9. The van der Waals surface area contributed by atoms with Gasteiger partial charge in [0.05, 0.1) is 60.3 Å². The van der Waals surface area contributed by atoms with Crippen LogP contribution in [0.25, 0.3) is 0 Å². The van der Waals surface area contributed by atoms with Crippen molar-refractivity contribution in [3.05, 3.63) is 88.2 Å². The molecule has 0 aliphatic carbocycles. The number of nitrogens with two attached hydrogens (primary N) is 3. The SMILES string of the molecule is Cl.Cl.NC(=O)CCOCCCCOCCC(=O)N(C(=O)[C@@H](N)Cc1cc(I)c(Oc2cc(I)c(O)c(I)c2)c(I)c1)C(=O)[C@@H](N)Cc1cc(I)c(Oc2cc(I)c(O)c(I)c2)c(I)c1. The molecule has 0 fully saturated rings. The second-order valence-corrected chi connectivity index (χ2v) is 22.7. The smallest absolute Gasteiger partial charge is 0.253 e. The van der Waals surface area contributed by atoms with Crippen molar-refractivity contribution in [3.63, 3.8) is 0 Å². The Bertz CT molecular complexity index is 2090. The molecule has 350 valence electrons. The fourth-order valence-corrected chi connectivity index (χ4v) is 13.2. The third-order valence-electron chi connectivity index (χ3n) is 8.55. The number of hydrogen-bond acceptors (Lipinski definition) is 12. The summed E-state index contributed by atoms with van der Waals surface area (Å²) in [6, 6.07) is 11.6. The molecule has 14 nitrogen and oxygen atoms in total. The molecular weight excluding hydrogens is 1780 g/mol. The second-order valence-electron chi connectivity index (χ2n) is 13.4. The maximum absolute atomic E-state index is 14.1. The van der Waals surface area contributed by atoms with Crippen LogP contribution in [0.1, 0.15) is 36.8 Å². The minimum absolute atomic E-state index is 0. The molecule has 0 radical (unpaired) electrons. The van der Waals surface area contributed by atoms with E-state index in [2.05, 4.69) is 90.4 Å². The van der Waals surface area contributed by atoms with Crippen molar-refractivity contribution in [1.82, 2.24) is 4.90 Å². The van der Waals surface area contributed by atoms with Crippen LogP contribution in [-0.4, -0.2) is 77.3 Å². The number of nitrogens with zero attached hydrogens (tertiary/aromatic N) is 1. The lowest BCUT2D eigenvalue weighted by atomic mass is 10.0. The Balaban J connectivity index is 0.00000704. The Hall–Kier alpha value is 0.620. The number of hydrogen-bond donors (Lipinski definition) is 5. The van der Waals surface area contributed by atoms with Crippen molar-refractivity contribution in [2.45, 2.75) is 50.6 Å². The summed E-state index contributed by atoms with van der Waals surface area (Å²) in [6.07, 6.45) is 1.14. The number of aromatic hydroxyl groups is 2. The summed E-state index contributed by atoms with van der Waals surface area (Å²) in [6.45, 7) is 0.899. The first kappa shape index (κ1) is 60.7. The molecule has 0 saturated heterocycles. The molecule has 4 aromatic carbocycles. The van der Waals surface area contributed by atoms with Gasteiger partial charge in [0.15, 0.2) is 11.5 Å². The predicted octanol–water partition coefficient (Wildman–Crippen LogP) is 9.76. The first-order valence-electron chi connectivity index (χ1n) is 18.3. The van der Waals surface area contributed by atoms with Crippen molar-refractivity contribution in [2.24, 2.45) is 17.2 Å². The lowest BCUT2D eigenvalue weighted by Gasteiger charge is -2.25. The second kappa shape index (κ2) is 29.7. The molecule has 8 N–H and O–H groups in total. The van der Waals surface area contributed by atoms with Crippen LogP contribution < -0.4 is 26.7 Å². The van der Waals surface area contributed by atoms with Crippen molar-refractivity contribution in [2.75, 3.05) is 26.4 Å². The molecule has 4 aromatic rings. The Kier molecular flexibility index (Phi) is 28.2. The van der Waals surface area contributed by atoms with Crippen molar-refractivity contribution < 1.29 is 48.3 Å². The Morgan fingerprint density at radius 3 is 1.19 bits per heavy atom. The molecule has 24 heteroatoms. The number of phenols is 2. The highest BCUT2D eigenvalue weighted by molar-refractivity contribution is 14.1. The number of imide groups is 3. The van der Waals surface area contributed by atoms with Gasteiger partial charge >= 0.3 is 0 Å². The average molecular weight is 1820 g/mol. The normalized spacial score (nSPS) is 11.8. The highest BCUT2D eigenvalue weighted by Gasteiger charge is 2.35. The average Bonchev–Trinajstić information content (AvgIpc) is 3.19. The summed E-state index contributed by atoms with van der Waals surface area (Å²) in [5.41, 5.74) is 19.5. The highest BCUT2D eigenvalue weighted by atomic mass is 127. The lowest BCUT2D eigenvalue weighted by molar-refractivity contribution is -0.156. The molecule has 4 rings (SSSR count). The zero-order valence-corrected chi connectivity index (χ0v) is 51.9. The quantitative estimate of drug-likeness (QED) is 0.0388. The van der Waals surface area contributed by atoms with E-state index in [9.17, 15) is 29.4 Å². The number of ether oxygens (including phenoxy) is 4. The Labute approximate surface area is 491 Å². The summed E-state index contributed by atoms with van der Waals surface area (Å²) in [7, 11) is 0. The van der Waals surface area contributed by atoms with E-state index in [4.69, 9.17) is 36.1 Å². The summed E-state index contributed by atoms with van der Waals surface area (Å²) in [4.78, 5) is 53.4. The van der Waals surface area contributed by atoms with E-state index in [1.807, 2.05) is 115 Å². The summed E-state index contributed by atoms with van der Waals surface area (Å²) >= 11 is 16.7. The van der Waals surface area contributed by atoms with Gasteiger partial charge in [-0.3, -0.25) is 19.2 Å². The first-order chi connectivity index (χ1) is 29.3. The van der Waals surface area contributed by atoms with Gasteiger partial charge in [0.2, 0.25) is 11.8 Å². The molecule has 0 bridgehead atoms. The molecule has 2 atom stereocenters. The van der Waals surface area contributed by atoms with Gasteiger partial charge in [-0.05, 0) is 266 Å². The standard InChI is InChI=1S/C40H38I8N4O10.2ClH/c41-23-15-21(16-24(42)35(23)55)61-37-27(45)9-19(10-28(37)46)13-31(49)39(57)52(34(54)4-8-60-6-2-1-5-59-7-3-33(51)53)40(58)32(50)14-20-11-29(47)38(30(48)12-20)62-22-17-25(43)36(56)26(44)18-22;;/h9-12,15-18,31-32,55-56H,1-8,13-14,49-50H2,(H2,51,53);2*1H/t31-,32-;;/m0../s1. The maximum atomic E-state index is 14.1. The number of carbonyl (C=O) groups excluding carboxylic acids is 4. The molecule has 0 aliphatic heterocycles. The lowest BCUT2D eigenvalue weighted by Crippen LogP contribution is -2.55. The van der Waals surface area contributed by atoms with Gasteiger partial charge in [-0.25, -0.2) is 4.90 Å². The van der Waals surface area contributed by atoms with Crippen LogP contribution in [0, 0.1) is 28.6 Å². The molecule has 0 aliphatic rings. The molecule has 0 heterocycles. The van der Waals surface area contributed by atoms with Gasteiger partial charge in [0.1, 0.15) is 23.0 Å². The van der Waals surface area contributed by atoms with E-state index in [1.54, 1.807) is 24.3 Å². The van der Waals surface area contributed by atoms with Crippen molar-refractivity contribution >= 4 is 229 Å². The third kappa shape index (κ3) is 18.4. The minimum Gasteiger partial charge on any atom is -0.506 e. The van der Waals surface area contributed by atoms with Crippen LogP contribution in [0.3, 0.4) is 0 Å². The summed E-state index contributed by atoms with van der Waals surface area (Å²) in [5, 5.41) is 20.4. The van der Waals surface area contributed by atoms with E-state index in [0.29, 0.717) is 79.4 Å². The van der Waals surface area contributed by atoms with Gasteiger partial charge in [-0.2, -0.15) is 0 Å². The van der Waals surface area contributed by atoms with E-state index in [1.165, 1.54) is 0 Å². The summed E-state index contributed by atoms with van der Waals surface area (Å²) in [5.74, 6) is -0.433. The van der Waals surface area contributed by atoms with E-state index in [-0.39, 0.29) is 75.2 Å².